The minimum Gasteiger partial charge on any atom is -0.326 e. The van der Waals surface area contributed by atoms with Gasteiger partial charge >= 0.3 is 6.18 Å². The third kappa shape index (κ3) is 5.38. The van der Waals surface area contributed by atoms with Crippen LogP contribution in [0.2, 0.25) is 0 Å². The first-order valence-corrected chi connectivity index (χ1v) is 7.11. The largest absolute Gasteiger partial charge is 0.389 e. The molecule has 21 heavy (non-hydrogen) atoms. The highest BCUT2D eigenvalue weighted by atomic mass is 19.4. The molecule has 6 heteroatoms. The van der Waals surface area contributed by atoms with E-state index in [9.17, 15) is 18.0 Å². The van der Waals surface area contributed by atoms with Gasteiger partial charge in [-0.05, 0) is 50.0 Å². The molecule has 1 aliphatic heterocycles. The van der Waals surface area contributed by atoms with Crippen molar-refractivity contribution in [3.8, 4) is 0 Å². The monoisotopic (exact) mass is 300 g/mol. The highest BCUT2D eigenvalue weighted by molar-refractivity contribution is 5.92. The van der Waals surface area contributed by atoms with Gasteiger partial charge in [-0.2, -0.15) is 13.2 Å². The first-order chi connectivity index (χ1) is 9.94. The number of carbonyl (C=O) groups is 1. The molecule has 1 amide bonds. The van der Waals surface area contributed by atoms with Gasteiger partial charge in [0.15, 0.2) is 0 Å². The molecule has 0 saturated carbocycles. The number of halogens is 3. The Morgan fingerprint density at radius 2 is 1.81 bits per heavy atom. The van der Waals surface area contributed by atoms with E-state index < -0.39 is 12.6 Å². The lowest BCUT2D eigenvalue weighted by molar-refractivity contribution is -0.134. The van der Waals surface area contributed by atoms with Gasteiger partial charge in [0, 0.05) is 18.0 Å². The number of hydrogen-bond donors (Lipinski definition) is 2. The van der Waals surface area contributed by atoms with Crippen LogP contribution in [0.1, 0.15) is 24.8 Å². The summed E-state index contributed by atoms with van der Waals surface area (Å²) in [5.74, 6) is -0.00398. The molecule has 0 unspecified atom stereocenters. The molecule has 1 aromatic rings. The number of benzene rings is 1. The molecule has 0 aromatic heterocycles. The Balaban J connectivity index is 1.85. The number of alkyl halides is 3. The van der Waals surface area contributed by atoms with E-state index >= 15 is 0 Å². The van der Waals surface area contributed by atoms with Gasteiger partial charge in [-0.3, -0.25) is 4.79 Å². The van der Waals surface area contributed by atoms with Crippen LogP contribution in [0.15, 0.2) is 24.3 Å². The number of piperidine rings is 1. The maximum Gasteiger partial charge on any atom is 0.389 e. The zero-order valence-electron chi connectivity index (χ0n) is 11.7. The van der Waals surface area contributed by atoms with E-state index in [4.69, 9.17) is 0 Å². The van der Waals surface area contributed by atoms with E-state index in [1.54, 1.807) is 24.3 Å². The van der Waals surface area contributed by atoms with Gasteiger partial charge in [0.2, 0.25) is 5.91 Å². The van der Waals surface area contributed by atoms with Crippen LogP contribution < -0.4 is 10.6 Å². The van der Waals surface area contributed by atoms with Crippen molar-refractivity contribution >= 4 is 11.6 Å². The van der Waals surface area contributed by atoms with E-state index in [1.165, 1.54) is 0 Å². The van der Waals surface area contributed by atoms with E-state index in [2.05, 4.69) is 10.6 Å². The summed E-state index contributed by atoms with van der Waals surface area (Å²) < 4.78 is 36.4. The number of amides is 1. The molecule has 1 aliphatic rings. The van der Waals surface area contributed by atoms with Crippen LogP contribution in [0.3, 0.4) is 0 Å². The highest BCUT2D eigenvalue weighted by Crippen LogP contribution is 2.23. The number of anilines is 1. The molecule has 1 saturated heterocycles. The lowest BCUT2D eigenvalue weighted by Gasteiger charge is -2.21. The fourth-order valence-electron chi connectivity index (χ4n) is 2.37. The van der Waals surface area contributed by atoms with Gasteiger partial charge in [0.1, 0.15) is 0 Å². The molecule has 3 nitrogen and oxygen atoms in total. The van der Waals surface area contributed by atoms with Crippen molar-refractivity contribution in [1.82, 2.24) is 5.32 Å². The Morgan fingerprint density at radius 3 is 2.38 bits per heavy atom. The zero-order chi connectivity index (χ0) is 15.3. The average Bonchev–Trinajstić information content (AvgIpc) is 2.46. The third-order valence-electron chi connectivity index (χ3n) is 3.63. The van der Waals surface area contributed by atoms with Crippen LogP contribution in [0.5, 0.6) is 0 Å². The van der Waals surface area contributed by atoms with Gasteiger partial charge < -0.3 is 10.6 Å². The normalized spacial score (nSPS) is 16.7. The van der Waals surface area contributed by atoms with Crippen molar-refractivity contribution in [3.05, 3.63) is 29.8 Å². The zero-order valence-corrected chi connectivity index (χ0v) is 11.7. The predicted octanol–water partition coefficient (Wildman–Crippen LogP) is 3.12. The lowest BCUT2D eigenvalue weighted by atomic mass is 9.97. The van der Waals surface area contributed by atoms with Crippen LogP contribution in [-0.4, -0.2) is 25.2 Å². The quantitative estimate of drug-likeness (QED) is 0.897. The van der Waals surface area contributed by atoms with Crippen molar-refractivity contribution in [2.75, 3.05) is 18.4 Å². The molecule has 1 aromatic carbocycles. The first-order valence-electron chi connectivity index (χ1n) is 7.11. The summed E-state index contributed by atoms with van der Waals surface area (Å²) in [7, 11) is 0. The smallest absolute Gasteiger partial charge is 0.326 e. The maximum absolute atomic E-state index is 12.1. The summed E-state index contributed by atoms with van der Waals surface area (Å²) in [5, 5.41) is 6.02. The van der Waals surface area contributed by atoms with E-state index in [0.29, 0.717) is 11.3 Å². The number of rotatable bonds is 4. The summed E-state index contributed by atoms with van der Waals surface area (Å²) in [6, 6.07) is 6.57. The molecular weight excluding hydrogens is 281 g/mol. The second kappa shape index (κ2) is 6.93. The van der Waals surface area contributed by atoms with Crippen molar-refractivity contribution in [2.24, 2.45) is 5.92 Å². The van der Waals surface area contributed by atoms with Crippen LogP contribution in [0.4, 0.5) is 18.9 Å². The Hall–Kier alpha value is -1.56. The molecule has 0 atom stereocenters. The van der Waals surface area contributed by atoms with Crippen LogP contribution in [0.25, 0.3) is 0 Å². The number of nitrogens with one attached hydrogen (secondary N) is 2. The summed E-state index contributed by atoms with van der Waals surface area (Å²) in [6.07, 6.45) is -3.37. The van der Waals surface area contributed by atoms with Crippen LogP contribution in [0, 0.1) is 5.92 Å². The second-order valence-electron chi connectivity index (χ2n) is 5.33. The highest BCUT2D eigenvalue weighted by Gasteiger charge is 2.26. The standard InChI is InChI=1S/C15H19F3N2O/c16-15(17,18)8-5-11-1-3-13(4-2-11)20-14(21)12-6-9-19-10-7-12/h1-4,12,19H,5-10H2,(H,20,21). The summed E-state index contributed by atoms with van der Waals surface area (Å²) in [6.45, 7) is 1.68. The molecule has 0 aliphatic carbocycles. The van der Waals surface area contributed by atoms with Crippen molar-refractivity contribution in [3.63, 3.8) is 0 Å². The Bertz CT molecular complexity index is 465. The Labute approximate surface area is 121 Å². The van der Waals surface area contributed by atoms with Gasteiger partial charge in [0.05, 0.1) is 0 Å². The summed E-state index contributed by atoms with van der Waals surface area (Å²) >= 11 is 0. The fraction of sp³-hybridized carbons (Fsp3) is 0.533. The number of aryl methyl sites for hydroxylation is 1. The third-order valence-corrected chi connectivity index (χ3v) is 3.63. The molecule has 2 N–H and O–H groups in total. The van der Waals surface area contributed by atoms with E-state index in [1.807, 2.05) is 0 Å². The fourth-order valence-corrected chi connectivity index (χ4v) is 2.37. The van der Waals surface area contributed by atoms with Gasteiger partial charge in [-0.25, -0.2) is 0 Å². The minimum atomic E-state index is -4.14. The molecule has 2 rings (SSSR count). The summed E-state index contributed by atoms with van der Waals surface area (Å²) in [5.41, 5.74) is 1.25. The molecule has 1 heterocycles. The second-order valence-corrected chi connectivity index (χ2v) is 5.33. The molecule has 1 fully saturated rings. The van der Waals surface area contributed by atoms with Gasteiger partial charge in [0.25, 0.3) is 0 Å². The first kappa shape index (κ1) is 15.8. The molecule has 0 radical (unpaired) electrons. The molecule has 116 valence electrons. The van der Waals surface area contributed by atoms with Crippen molar-refractivity contribution in [2.45, 2.75) is 31.9 Å². The Kier molecular flexibility index (Phi) is 5.22. The predicted molar refractivity (Wildman–Crippen MR) is 75.0 cm³/mol. The Morgan fingerprint density at radius 1 is 1.19 bits per heavy atom. The van der Waals surface area contributed by atoms with Crippen molar-refractivity contribution in [1.29, 1.82) is 0 Å². The average molecular weight is 300 g/mol. The molecular formula is C15H19F3N2O. The SMILES string of the molecule is O=C(Nc1ccc(CCC(F)(F)F)cc1)C1CCNCC1. The van der Waals surface area contributed by atoms with Crippen LogP contribution in [-0.2, 0) is 11.2 Å². The summed E-state index contributed by atoms with van der Waals surface area (Å²) in [4.78, 5) is 12.0. The van der Waals surface area contributed by atoms with Crippen LogP contribution >= 0.6 is 0 Å². The van der Waals surface area contributed by atoms with Crippen molar-refractivity contribution < 1.29 is 18.0 Å². The van der Waals surface area contributed by atoms with E-state index in [-0.39, 0.29) is 18.2 Å². The molecule has 0 spiro atoms. The number of hydrogen-bond acceptors (Lipinski definition) is 2. The molecule has 0 bridgehead atoms. The van der Waals surface area contributed by atoms with E-state index in [0.717, 1.165) is 25.9 Å². The van der Waals surface area contributed by atoms with Gasteiger partial charge in [-0.15, -0.1) is 0 Å². The maximum atomic E-state index is 12.1. The topological polar surface area (TPSA) is 41.1 Å². The minimum absolute atomic E-state index is 0.0103. The lowest BCUT2D eigenvalue weighted by Crippen LogP contribution is -2.34. The van der Waals surface area contributed by atoms with Gasteiger partial charge in [-0.1, -0.05) is 12.1 Å². The number of carbonyl (C=O) groups excluding carboxylic acids is 1.